The first-order valence-corrected chi connectivity index (χ1v) is 5.90. The summed E-state index contributed by atoms with van der Waals surface area (Å²) in [7, 11) is 0. The third kappa shape index (κ3) is 3.03. The van der Waals surface area contributed by atoms with Crippen LogP contribution in [0, 0.1) is 0 Å². The maximum Gasteiger partial charge on any atom is 0.181 e. The van der Waals surface area contributed by atoms with Crippen molar-refractivity contribution in [3.05, 3.63) is 29.0 Å². The van der Waals surface area contributed by atoms with Crippen molar-refractivity contribution in [1.29, 1.82) is 0 Å². The van der Waals surface area contributed by atoms with Gasteiger partial charge in [-0.1, -0.05) is 11.6 Å². The molecule has 0 spiro atoms. The molecular formula is C12H14ClNO2. The molecule has 1 aromatic heterocycles. The lowest BCUT2D eigenvalue weighted by Crippen LogP contribution is -2.09. The van der Waals surface area contributed by atoms with Crippen molar-refractivity contribution in [3.8, 4) is 0 Å². The molecule has 16 heavy (non-hydrogen) atoms. The summed E-state index contributed by atoms with van der Waals surface area (Å²) in [6.07, 6.45) is 5.24. The van der Waals surface area contributed by atoms with Crippen LogP contribution < -0.4 is 0 Å². The predicted octanol–water partition coefficient (Wildman–Crippen LogP) is 2.88. The van der Waals surface area contributed by atoms with Crippen LogP contribution in [0.5, 0.6) is 0 Å². The molecule has 0 aliphatic carbocycles. The van der Waals surface area contributed by atoms with Crippen LogP contribution in [0.15, 0.2) is 18.3 Å². The summed E-state index contributed by atoms with van der Waals surface area (Å²) in [5.74, 6) is 0.0622. The van der Waals surface area contributed by atoms with Crippen LogP contribution in [0.3, 0.4) is 0 Å². The fourth-order valence-corrected chi connectivity index (χ4v) is 1.94. The van der Waals surface area contributed by atoms with Crippen molar-refractivity contribution in [2.75, 3.05) is 6.61 Å². The Bertz CT molecular complexity index is 358. The van der Waals surface area contributed by atoms with Crippen LogP contribution in [-0.2, 0) is 4.74 Å². The van der Waals surface area contributed by atoms with Crippen LogP contribution in [0.25, 0.3) is 0 Å². The molecule has 1 fully saturated rings. The molecule has 4 heteroatoms. The summed E-state index contributed by atoms with van der Waals surface area (Å²) in [6, 6.07) is 3.36. The Kier molecular flexibility index (Phi) is 3.91. The number of aromatic nitrogens is 1. The molecule has 0 aromatic carbocycles. The van der Waals surface area contributed by atoms with Gasteiger partial charge in [0.05, 0.1) is 11.1 Å². The fourth-order valence-electron chi connectivity index (χ4n) is 1.83. The molecule has 1 aromatic rings. The van der Waals surface area contributed by atoms with E-state index in [1.165, 1.54) is 6.20 Å². The largest absolute Gasteiger partial charge is 0.378 e. The smallest absolute Gasteiger partial charge is 0.181 e. The molecule has 3 nitrogen and oxygen atoms in total. The quantitative estimate of drug-likeness (QED) is 0.759. The second-order valence-electron chi connectivity index (χ2n) is 3.96. The standard InChI is InChI=1S/C12H14ClNO2/c13-9-3-5-11(14-8-9)12(15)6-4-10-2-1-7-16-10/h3,5,8,10H,1-2,4,6-7H2. The van der Waals surface area contributed by atoms with Crippen LogP contribution in [0.4, 0.5) is 0 Å². The van der Waals surface area contributed by atoms with Gasteiger partial charge in [0.2, 0.25) is 0 Å². The van der Waals surface area contributed by atoms with Gasteiger partial charge >= 0.3 is 0 Å². The number of pyridine rings is 1. The molecule has 0 radical (unpaired) electrons. The Morgan fingerprint density at radius 2 is 2.44 bits per heavy atom. The molecule has 1 saturated heterocycles. The summed E-state index contributed by atoms with van der Waals surface area (Å²) < 4.78 is 5.46. The zero-order chi connectivity index (χ0) is 11.4. The minimum atomic E-state index is 0.0622. The van der Waals surface area contributed by atoms with Crippen LogP contribution in [-0.4, -0.2) is 23.5 Å². The lowest BCUT2D eigenvalue weighted by molar-refractivity contribution is 0.0856. The Hall–Kier alpha value is -0.930. The number of hydrogen-bond acceptors (Lipinski definition) is 3. The second-order valence-corrected chi connectivity index (χ2v) is 4.39. The van der Waals surface area contributed by atoms with Crippen molar-refractivity contribution < 1.29 is 9.53 Å². The Balaban J connectivity index is 1.85. The minimum absolute atomic E-state index is 0.0622. The van der Waals surface area contributed by atoms with Crippen LogP contribution in [0.1, 0.15) is 36.2 Å². The third-order valence-electron chi connectivity index (χ3n) is 2.73. The molecule has 1 aliphatic heterocycles. The molecule has 0 amide bonds. The molecule has 0 saturated carbocycles. The number of ketones is 1. The van der Waals surface area contributed by atoms with Crippen LogP contribution in [0.2, 0.25) is 5.02 Å². The second kappa shape index (κ2) is 5.41. The number of hydrogen-bond donors (Lipinski definition) is 0. The van der Waals surface area contributed by atoms with Gasteiger partial charge in [0.1, 0.15) is 5.69 Å². The highest BCUT2D eigenvalue weighted by Gasteiger charge is 2.17. The highest BCUT2D eigenvalue weighted by atomic mass is 35.5. The number of ether oxygens (including phenoxy) is 1. The number of nitrogens with zero attached hydrogens (tertiary/aromatic N) is 1. The minimum Gasteiger partial charge on any atom is -0.378 e. The number of Topliss-reactive ketones (excluding diaryl/α,β-unsaturated/α-hetero) is 1. The average molecular weight is 240 g/mol. The average Bonchev–Trinajstić information content (AvgIpc) is 2.80. The molecule has 86 valence electrons. The van der Waals surface area contributed by atoms with E-state index in [4.69, 9.17) is 16.3 Å². The Morgan fingerprint density at radius 1 is 1.56 bits per heavy atom. The van der Waals surface area contributed by atoms with Crippen molar-refractivity contribution in [2.45, 2.75) is 31.8 Å². The van der Waals surface area contributed by atoms with E-state index in [0.29, 0.717) is 17.1 Å². The zero-order valence-corrected chi connectivity index (χ0v) is 9.74. The molecule has 2 rings (SSSR count). The van der Waals surface area contributed by atoms with Gasteiger partial charge in [-0.2, -0.15) is 0 Å². The summed E-state index contributed by atoms with van der Waals surface area (Å²) in [5, 5.41) is 0.552. The van der Waals surface area contributed by atoms with E-state index in [-0.39, 0.29) is 11.9 Å². The van der Waals surface area contributed by atoms with Crippen molar-refractivity contribution in [3.63, 3.8) is 0 Å². The Labute approximate surface area is 99.8 Å². The maximum absolute atomic E-state index is 11.8. The molecule has 2 heterocycles. The lowest BCUT2D eigenvalue weighted by Gasteiger charge is -2.07. The molecule has 1 unspecified atom stereocenters. The van der Waals surface area contributed by atoms with E-state index in [9.17, 15) is 4.79 Å². The third-order valence-corrected chi connectivity index (χ3v) is 2.95. The lowest BCUT2D eigenvalue weighted by atomic mass is 10.1. The molecular weight excluding hydrogens is 226 g/mol. The first kappa shape index (κ1) is 11.6. The van der Waals surface area contributed by atoms with E-state index >= 15 is 0 Å². The van der Waals surface area contributed by atoms with Gasteiger partial charge in [0.15, 0.2) is 5.78 Å². The van der Waals surface area contributed by atoms with Gasteiger partial charge in [0.25, 0.3) is 0 Å². The monoisotopic (exact) mass is 239 g/mol. The van der Waals surface area contributed by atoms with Gasteiger partial charge in [0, 0.05) is 19.2 Å². The van der Waals surface area contributed by atoms with Gasteiger partial charge in [-0.3, -0.25) is 9.78 Å². The molecule has 1 atom stereocenters. The highest BCUT2D eigenvalue weighted by Crippen LogP contribution is 2.18. The summed E-state index contributed by atoms with van der Waals surface area (Å²) >= 11 is 5.70. The van der Waals surface area contributed by atoms with Gasteiger partial charge in [-0.25, -0.2) is 0 Å². The zero-order valence-electron chi connectivity index (χ0n) is 8.99. The van der Waals surface area contributed by atoms with E-state index in [0.717, 1.165) is 25.9 Å². The summed E-state index contributed by atoms with van der Waals surface area (Å²) in [5.41, 5.74) is 0.488. The van der Waals surface area contributed by atoms with E-state index in [1.807, 2.05) is 0 Å². The van der Waals surface area contributed by atoms with Crippen LogP contribution >= 0.6 is 11.6 Å². The van der Waals surface area contributed by atoms with Gasteiger partial charge in [-0.15, -0.1) is 0 Å². The highest BCUT2D eigenvalue weighted by molar-refractivity contribution is 6.30. The van der Waals surface area contributed by atoms with Gasteiger partial charge < -0.3 is 4.74 Å². The van der Waals surface area contributed by atoms with Crippen molar-refractivity contribution in [1.82, 2.24) is 4.98 Å². The molecule has 0 N–H and O–H groups in total. The normalized spacial score (nSPS) is 19.9. The SMILES string of the molecule is O=C(CCC1CCCO1)c1ccc(Cl)cn1. The summed E-state index contributed by atoms with van der Waals surface area (Å²) in [4.78, 5) is 15.8. The topological polar surface area (TPSA) is 39.2 Å². The van der Waals surface area contributed by atoms with E-state index in [1.54, 1.807) is 12.1 Å². The van der Waals surface area contributed by atoms with E-state index < -0.39 is 0 Å². The van der Waals surface area contributed by atoms with Crippen molar-refractivity contribution in [2.24, 2.45) is 0 Å². The van der Waals surface area contributed by atoms with Gasteiger partial charge in [-0.05, 0) is 31.4 Å². The number of rotatable bonds is 4. The van der Waals surface area contributed by atoms with Crippen molar-refractivity contribution >= 4 is 17.4 Å². The number of carbonyl (C=O) groups excluding carboxylic acids is 1. The predicted molar refractivity (Wildman–Crippen MR) is 61.8 cm³/mol. The number of halogens is 1. The Morgan fingerprint density at radius 3 is 3.06 bits per heavy atom. The first-order valence-electron chi connectivity index (χ1n) is 5.52. The van der Waals surface area contributed by atoms with E-state index in [2.05, 4.69) is 4.98 Å². The molecule has 0 bridgehead atoms. The maximum atomic E-state index is 11.8. The summed E-state index contributed by atoms with van der Waals surface area (Å²) in [6.45, 7) is 0.831. The molecule has 1 aliphatic rings. The number of carbonyl (C=O) groups is 1. The fraction of sp³-hybridized carbons (Fsp3) is 0.500. The first-order chi connectivity index (χ1) is 7.75.